The van der Waals surface area contributed by atoms with Crippen LogP contribution in [0.25, 0.3) is 0 Å². The first kappa shape index (κ1) is 61.8. The van der Waals surface area contributed by atoms with Gasteiger partial charge < -0.3 is 14.2 Å². The Kier molecular flexibility index (Phi) is 50.0. The molecule has 0 aromatic rings. The second kappa shape index (κ2) is 53.4. The van der Waals surface area contributed by atoms with Crippen molar-refractivity contribution in [1.29, 1.82) is 0 Å². The molecule has 1 atom stereocenters. The fourth-order valence-electron chi connectivity index (χ4n) is 6.75. The summed E-state index contributed by atoms with van der Waals surface area (Å²) in [6, 6.07) is 0. The van der Waals surface area contributed by atoms with Crippen molar-refractivity contribution in [3.05, 3.63) is 122 Å². The number of carbonyl (C=O) groups is 3. The molecule has 0 aromatic heterocycles. The molecule has 372 valence electrons. The largest absolute Gasteiger partial charge is 0.462 e. The number of esters is 3. The highest BCUT2D eigenvalue weighted by Gasteiger charge is 2.19. The third-order valence-electron chi connectivity index (χ3n) is 10.7. The highest BCUT2D eigenvalue weighted by molar-refractivity contribution is 5.71. The lowest BCUT2D eigenvalue weighted by Gasteiger charge is -2.18. The molecule has 0 saturated carbocycles. The molecule has 1 unspecified atom stereocenters. The summed E-state index contributed by atoms with van der Waals surface area (Å²) in [5.74, 6) is -0.986. The maximum atomic E-state index is 12.8. The maximum absolute atomic E-state index is 12.8. The van der Waals surface area contributed by atoms with Crippen molar-refractivity contribution in [1.82, 2.24) is 0 Å². The summed E-state index contributed by atoms with van der Waals surface area (Å²) in [6.07, 6.45) is 73.3. The molecule has 0 saturated heterocycles. The van der Waals surface area contributed by atoms with Crippen LogP contribution in [0.4, 0.5) is 0 Å². The molecule has 0 N–H and O–H groups in total. The Labute approximate surface area is 405 Å². The smallest absolute Gasteiger partial charge is 0.306 e. The summed E-state index contributed by atoms with van der Waals surface area (Å²) in [7, 11) is 0. The molecule has 0 aliphatic heterocycles. The van der Waals surface area contributed by atoms with Crippen LogP contribution in [0.3, 0.4) is 0 Å². The molecule has 0 aliphatic carbocycles. The summed E-state index contributed by atoms with van der Waals surface area (Å²) >= 11 is 0. The van der Waals surface area contributed by atoms with Crippen molar-refractivity contribution in [2.24, 2.45) is 0 Å². The van der Waals surface area contributed by atoms with Crippen LogP contribution in [0, 0.1) is 0 Å². The number of hydrogen-bond acceptors (Lipinski definition) is 6. The number of hydrogen-bond donors (Lipinski definition) is 0. The van der Waals surface area contributed by atoms with Gasteiger partial charge in [-0.1, -0.05) is 194 Å². The van der Waals surface area contributed by atoms with Gasteiger partial charge in [0.25, 0.3) is 0 Å². The van der Waals surface area contributed by atoms with Gasteiger partial charge in [0.15, 0.2) is 6.10 Å². The number of allylic oxidation sites excluding steroid dienone is 20. The second-order valence-electron chi connectivity index (χ2n) is 17.0. The molecule has 0 spiro atoms. The van der Waals surface area contributed by atoms with Gasteiger partial charge in [0, 0.05) is 19.3 Å². The minimum absolute atomic E-state index is 0.109. The number of carbonyl (C=O) groups excluding carboxylic acids is 3. The van der Waals surface area contributed by atoms with E-state index in [1.54, 1.807) is 0 Å². The van der Waals surface area contributed by atoms with Crippen LogP contribution in [-0.2, 0) is 28.6 Å². The van der Waals surface area contributed by atoms with E-state index >= 15 is 0 Å². The van der Waals surface area contributed by atoms with Gasteiger partial charge in [-0.05, 0) is 128 Å². The van der Waals surface area contributed by atoms with Gasteiger partial charge in [0.05, 0.1) is 0 Å². The second-order valence-corrected chi connectivity index (χ2v) is 17.0. The lowest BCUT2D eigenvalue weighted by atomic mass is 10.1. The molecule has 6 nitrogen and oxygen atoms in total. The molecule has 6 heteroatoms. The Morgan fingerprint density at radius 1 is 0.318 bits per heavy atom. The van der Waals surface area contributed by atoms with Gasteiger partial charge in [0.1, 0.15) is 13.2 Å². The first-order valence-corrected chi connectivity index (χ1v) is 26.5. The van der Waals surface area contributed by atoms with Gasteiger partial charge in [-0.15, -0.1) is 0 Å². The Bertz CT molecular complexity index is 1420. The number of ether oxygens (including phenoxy) is 3. The lowest BCUT2D eigenvalue weighted by molar-refractivity contribution is -0.167. The van der Waals surface area contributed by atoms with Crippen LogP contribution < -0.4 is 0 Å². The molecule has 66 heavy (non-hydrogen) atoms. The predicted octanol–water partition coefficient (Wildman–Crippen LogP) is 17.7. The third-order valence-corrected chi connectivity index (χ3v) is 10.7. The average molecular weight is 913 g/mol. The van der Waals surface area contributed by atoms with E-state index in [2.05, 4.69) is 142 Å². The summed E-state index contributed by atoms with van der Waals surface area (Å²) in [5.41, 5.74) is 0. The molecule has 0 heterocycles. The Hall–Kier alpha value is -4.19. The predicted molar refractivity (Wildman–Crippen MR) is 283 cm³/mol. The van der Waals surface area contributed by atoms with Crippen molar-refractivity contribution >= 4 is 17.9 Å². The van der Waals surface area contributed by atoms with Crippen LogP contribution in [-0.4, -0.2) is 37.2 Å². The summed E-state index contributed by atoms with van der Waals surface area (Å²) in [6.45, 7) is 6.31. The van der Waals surface area contributed by atoms with Gasteiger partial charge in [-0.2, -0.15) is 0 Å². The van der Waals surface area contributed by atoms with E-state index in [1.165, 1.54) is 32.1 Å². The monoisotopic (exact) mass is 913 g/mol. The maximum Gasteiger partial charge on any atom is 0.306 e. The van der Waals surface area contributed by atoms with Gasteiger partial charge in [0.2, 0.25) is 0 Å². The Morgan fingerprint density at radius 3 is 0.970 bits per heavy atom. The first-order valence-electron chi connectivity index (χ1n) is 26.5. The van der Waals surface area contributed by atoms with Crippen LogP contribution in [0.2, 0.25) is 0 Å². The summed E-state index contributed by atoms with van der Waals surface area (Å²) in [4.78, 5) is 38.0. The summed E-state index contributed by atoms with van der Waals surface area (Å²) in [5, 5.41) is 0. The molecule has 0 bridgehead atoms. The van der Waals surface area contributed by atoms with Crippen LogP contribution in [0.15, 0.2) is 122 Å². The minimum atomic E-state index is -0.814. The normalized spacial score (nSPS) is 13.1. The topological polar surface area (TPSA) is 78.9 Å². The highest BCUT2D eigenvalue weighted by Crippen LogP contribution is 2.12. The highest BCUT2D eigenvalue weighted by atomic mass is 16.6. The van der Waals surface area contributed by atoms with E-state index < -0.39 is 6.10 Å². The molecule has 0 amide bonds. The van der Waals surface area contributed by atoms with Crippen molar-refractivity contribution in [2.75, 3.05) is 13.2 Å². The van der Waals surface area contributed by atoms with Gasteiger partial charge in [-0.3, -0.25) is 14.4 Å². The van der Waals surface area contributed by atoms with Crippen LogP contribution >= 0.6 is 0 Å². The molecular formula is C60H96O6. The van der Waals surface area contributed by atoms with Gasteiger partial charge >= 0.3 is 17.9 Å². The zero-order chi connectivity index (χ0) is 47.9. The fourth-order valence-corrected chi connectivity index (χ4v) is 6.75. The van der Waals surface area contributed by atoms with Crippen molar-refractivity contribution in [3.8, 4) is 0 Å². The zero-order valence-corrected chi connectivity index (χ0v) is 42.4. The van der Waals surface area contributed by atoms with Crippen LogP contribution in [0.1, 0.15) is 220 Å². The first-order chi connectivity index (χ1) is 32.5. The standard InChI is InChI=1S/C60H96O6/c1-4-7-10-13-16-19-22-25-27-28-29-30-31-32-34-35-38-41-44-47-50-53-59(62)65-56-57(55-64-58(61)52-49-46-43-40-37-24-21-18-15-12-9-6-3)66-60(63)54-51-48-45-42-39-36-33-26-23-20-17-14-11-8-5-2/h7-8,10-11,16-21,25-27,29-30,32-34,39,42,57H,4-6,9,12-15,22-24,28,31,35-38,40-41,43-56H2,1-3H3/b10-7-,11-8-,19-16-,20-17-,21-18-,27-25-,30-29-,33-26-,34-32-,42-39-. The van der Waals surface area contributed by atoms with E-state index in [1.807, 2.05) is 0 Å². The van der Waals surface area contributed by atoms with E-state index in [-0.39, 0.29) is 37.5 Å². The molecule has 0 fully saturated rings. The Morgan fingerprint density at radius 2 is 0.591 bits per heavy atom. The molecule has 0 radical (unpaired) electrons. The van der Waals surface area contributed by atoms with E-state index in [4.69, 9.17) is 14.2 Å². The lowest BCUT2D eigenvalue weighted by Crippen LogP contribution is -2.30. The van der Waals surface area contributed by atoms with Crippen molar-refractivity contribution < 1.29 is 28.6 Å². The summed E-state index contributed by atoms with van der Waals surface area (Å²) < 4.78 is 16.7. The van der Waals surface area contributed by atoms with E-state index in [0.717, 1.165) is 141 Å². The Balaban J connectivity index is 4.48. The van der Waals surface area contributed by atoms with E-state index in [9.17, 15) is 14.4 Å². The number of unbranched alkanes of at least 4 members (excludes halogenated alkanes) is 15. The van der Waals surface area contributed by atoms with Gasteiger partial charge in [-0.25, -0.2) is 0 Å². The quantitative estimate of drug-likeness (QED) is 0.0262. The molecule has 0 aliphatic rings. The zero-order valence-electron chi connectivity index (χ0n) is 42.4. The van der Waals surface area contributed by atoms with Crippen molar-refractivity contribution in [2.45, 2.75) is 226 Å². The van der Waals surface area contributed by atoms with Crippen molar-refractivity contribution in [3.63, 3.8) is 0 Å². The SMILES string of the molecule is CC/C=C\C/C=C\C/C=C\C/C=C\C/C=C\CCCCCCCC(=O)OCC(COC(=O)CCCCCCC/C=C\CCCCC)OC(=O)CCCC/C=C\C/C=C\C/C=C\C/C=C\CC. The van der Waals surface area contributed by atoms with E-state index in [0.29, 0.717) is 19.3 Å². The molecule has 0 aromatic carbocycles. The fraction of sp³-hybridized carbons (Fsp3) is 0.617. The van der Waals surface area contributed by atoms with Crippen LogP contribution in [0.5, 0.6) is 0 Å². The number of rotatable bonds is 46. The minimum Gasteiger partial charge on any atom is -0.462 e. The average Bonchev–Trinajstić information content (AvgIpc) is 3.31. The molecular weight excluding hydrogens is 817 g/mol. The molecule has 0 rings (SSSR count). The third kappa shape index (κ3) is 50.8.